The number of pyridine rings is 1. The highest BCUT2D eigenvalue weighted by molar-refractivity contribution is 5.97. The molecular formula is C19H20N4O. The predicted molar refractivity (Wildman–Crippen MR) is 92.9 cm³/mol. The summed E-state index contributed by atoms with van der Waals surface area (Å²) in [6.45, 7) is 3.51. The van der Waals surface area contributed by atoms with Crippen LogP contribution >= 0.6 is 0 Å². The second kappa shape index (κ2) is 5.74. The van der Waals surface area contributed by atoms with Crippen LogP contribution in [0.1, 0.15) is 34.0 Å². The zero-order chi connectivity index (χ0) is 16.7. The summed E-state index contributed by atoms with van der Waals surface area (Å²) >= 11 is 0. The molecule has 1 fully saturated rings. The third-order valence-electron chi connectivity index (χ3n) is 4.86. The van der Waals surface area contributed by atoms with Crippen LogP contribution in [0.25, 0.3) is 11.0 Å². The lowest BCUT2D eigenvalue weighted by molar-refractivity contribution is 0.0790. The van der Waals surface area contributed by atoms with Gasteiger partial charge in [0.2, 0.25) is 0 Å². The Labute approximate surface area is 140 Å². The van der Waals surface area contributed by atoms with Crippen molar-refractivity contribution in [3.63, 3.8) is 0 Å². The van der Waals surface area contributed by atoms with Gasteiger partial charge in [-0.15, -0.1) is 0 Å². The lowest BCUT2D eigenvalue weighted by atomic mass is 9.99. The van der Waals surface area contributed by atoms with Crippen molar-refractivity contribution in [2.75, 3.05) is 13.1 Å². The monoisotopic (exact) mass is 320 g/mol. The van der Waals surface area contributed by atoms with Gasteiger partial charge >= 0.3 is 0 Å². The first-order chi connectivity index (χ1) is 11.6. The highest BCUT2D eigenvalue weighted by Crippen LogP contribution is 2.28. The van der Waals surface area contributed by atoms with Crippen molar-refractivity contribution in [2.45, 2.75) is 19.3 Å². The van der Waals surface area contributed by atoms with Crippen molar-refractivity contribution in [3.8, 4) is 0 Å². The van der Waals surface area contributed by atoms with Crippen molar-refractivity contribution in [1.29, 1.82) is 0 Å². The summed E-state index contributed by atoms with van der Waals surface area (Å²) in [5, 5.41) is 5.32. The van der Waals surface area contributed by atoms with Crippen molar-refractivity contribution in [1.82, 2.24) is 19.7 Å². The first-order valence-electron chi connectivity index (χ1n) is 8.27. The van der Waals surface area contributed by atoms with E-state index in [0.717, 1.165) is 36.2 Å². The fourth-order valence-electron chi connectivity index (χ4n) is 3.55. The van der Waals surface area contributed by atoms with Gasteiger partial charge in [-0.25, -0.2) is 4.98 Å². The second-order valence-electron chi connectivity index (χ2n) is 6.45. The van der Waals surface area contributed by atoms with E-state index in [4.69, 9.17) is 0 Å². The zero-order valence-electron chi connectivity index (χ0n) is 13.9. The minimum Gasteiger partial charge on any atom is -0.338 e. The molecular weight excluding hydrogens is 300 g/mol. The van der Waals surface area contributed by atoms with Gasteiger partial charge in [0.05, 0.1) is 11.3 Å². The summed E-state index contributed by atoms with van der Waals surface area (Å²) in [6, 6.07) is 12.4. The molecule has 4 rings (SSSR count). The molecule has 1 amide bonds. The fourth-order valence-corrected chi connectivity index (χ4v) is 3.55. The number of fused-ring (bicyclic) bond motifs is 1. The maximum atomic E-state index is 12.8. The topological polar surface area (TPSA) is 51.0 Å². The minimum absolute atomic E-state index is 0.0612. The van der Waals surface area contributed by atoms with Gasteiger partial charge in [0.15, 0.2) is 5.65 Å². The van der Waals surface area contributed by atoms with E-state index in [9.17, 15) is 4.79 Å². The highest BCUT2D eigenvalue weighted by atomic mass is 16.2. The van der Waals surface area contributed by atoms with E-state index in [1.165, 1.54) is 5.56 Å². The molecule has 0 radical (unpaired) electrons. The Balaban J connectivity index is 1.57. The van der Waals surface area contributed by atoms with E-state index >= 15 is 0 Å². The van der Waals surface area contributed by atoms with Gasteiger partial charge in [-0.05, 0) is 25.0 Å². The van der Waals surface area contributed by atoms with Crippen molar-refractivity contribution < 1.29 is 4.79 Å². The standard InChI is InChI=1S/C19H20N4O/c1-13-17-10-16(11-20-18(17)22(2)21-13)19(24)23-9-8-15(12-23)14-6-4-3-5-7-14/h3-7,10-11,15H,8-9,12H2,1-2H3. The van der Waals surface area contributed by atoms with Crippen LogP contribution < -0.4 is 0 Å². The molecule has 1 aromatic carbocycles. The highest BCUT2D eigenvalue weighted by Gasteiger charge is 2.28. The summed E-state index contributed by atoms with van der Waals surface area (Å²) in [5.74, 6) is 0.484. The molecule has 0 saturated carbocycles. The number of aromatic nitrogens is 3. The zero-order valence-corrected chi connectivity index (χ0v) is 13.9. The molecule has 1 aliphatic rings. The molecule has 24 heavy (non-hydrogen) atoms. The predicted octanol–water partition coefficient (Wildman–Crippen LogP) is 2.91. The Morgan fingerprint density at radius 3 is 2.83 bits per heavy atom. The van der Waals surface area contributed by atoms with E-state index in [1.54, 1.807) is 10.9 Å². The van der Waals surface area contributed by atoms with Crippen LogP contribution in [0.2, 0.25) is 0 Å². The molecule has 1 atom stereocenters. The largest absolute Gasteiger partial charge is 0.338 e. The van der Waals surface area contributed by atoms with Crippen molar-refractivity contribution in [3.05, 3.63) is 59.4 Å². The van der Waals surface area contributed by atoms with Crippen LogP contribution in [-0.2, 0) is 7.05 Å². The second-order valence-corrected chi connectivity index (χ2v) is 6.45. The molecule has 0 aliphatic carbocycles. The normalized spacial score (nSPS) is 17.6. The van der Waals surface area contributed by atoms with Gasteiger partial charge < -0.3 is 4.90 Å². The molecule has 1 saturated heterocycles. The number of rotatable bonds is 2. The van der Waals surface area contributed by atoms with Crippen LogP contribution in [-0.4, -0.2) is 38.7 Å². The molecule has 122 valence electrons. The Morgan fingerprint density at radius 2 is 2.04 bits per heavy atom. The Morgan fingerprint density at radius 1 is 1.25 bits per heavy atom. The lowest BCUT2D eigenvalue weighted by Gasteiger charge is -2.16. The third kappa shape index (κ3) is 2.46. The van der Waals surface area contributed by atoms with Crippen LogP contribution in [0.4, 0.5) is 0 Å². The number of benzene rings is 1. The molecule has 1 unspecified atom stereocenters. The molecule has 0 N–H and O–H groups in total. The Bertz CT molecular complexity index is 900. The first-order valence-corrected chi connectivity index (χ1v) is 8.27. The molecule has 0 bridgehead atoms. The number of hydrogen-bond donors (Lipinski definition) is 0. The lowest BCUT2D eigenvalue weighted by Crippen LogP contribution is -2.28. The maximum Gasteiger partial charge on any atom is 0.255 e. The molecule has 3 heterocycles. The van der Waals surface area contributed by atoms with Crippen molar-refractivity contribution in [2.24, 2.45) is 7.05 Å². The number of likely N-dealkylation sites (tertiary alicyclic amines) is 1. The smallest absolute Gasteiger partial charge is 0.255 e. The van der Waals surface area contributed by atoms with Crippen LogP contribution in [0.15, 0.2) is 42.6 Å². The minimum atomic E-state index is 0.0612. The molecule has 5 nitrogen and oxygen atoms in total. The van der Waals surface area contributed by atoms with E-state index in [2.05, 4.69) is 34.3 Å². The summed E-state index contributed by atoms with van der Waals surface area (Å²) in [7, 11) is 1.87. The van der Waals surface area contributed by atoms with Gasteiger partial charge in [0.25, 0.3) is 5.91 Å². The van der Waals surface area contributed by atoms with Crippen LogP contribution in [0.5, 0.6) is 0 Å². The Kier molecular flexibility index (Phi) is 3.56. The van der Waals surface area contributed by atoms with E-state index < -0.39 is 0 Å². The third-order valence-corrected chi connectivity index (χ3v) is 4.86. The van der Waals surface area contributed by atoms with E-state index in [1.807, 2.05) is 31.0 Å². The number of carbonyl (C=O) groups is 1. The van der Waals surface area contributed by atoms with Gasteiger partial charge in [0.1, 0.15) is 0 Å². The molecule has 0 spiro atoms. The average molecular weight is 320 g/mol. The van der Waals surface area contributed by atoms with Crippen LogP contribution in [0, 0.1) is 6.92 Å². The van der Waals surface area contributed by atoms with Gasteiger partial charge in [0, 0.05) is 37.6 Å². The first kappa shape index (κ1) is 14.9. The number of amides is 1. The van der Waals surface area contributed by atoms with Crippen LogP contribution in [0.3, 0.4) is 0 Å². The SMILES string of the molecule is Cc1nn(C)c2ncc(C(=O)N3CCC(c4ccccc4)C3)cc12. The summed E-state index contributed by atoms with van der Waals surface area (Å²) in [4.78, 5) is 19.2. The summed E-state index contributed by atoms with van der Waals surface area (Å²) in [6.07, 6.45) is 2.68. The van der Waals surface area contributed by atoms with Crippen molar-refractivity contribution >= 4 is 16.9 Å². The number of aryl methyl sites for hydroxylation is 2. The summed E-state index contributed by atoms with van der Waals surface area (Å²) < 4.78 is 1.75. The van der Waals surface area contributed by atoms with E-state index in [0.29, 0.717) is 11.5 Å². The van der Waals surface area contributed by atoms with Gasteiger partial charge in [-0.2, -0.15) is 5.10 Å². The molecule has 5 heteroatoms. The number of carbonyl (C=O) groups excluding carboxylic acids is 1. The molecule has 3 aromatic rings. The van der Waals surface area contributed by atoms with Gasteiger partial charge in [-0.1, -0.05) is 30.3 Å². The fraction of sp³-hybridized carbons (Fsp3) is 0.316. The maximum absolute atomic E-state index is 12.8. The molecule has 1 aliphatic heterocycles. The van der Waals surface area contributed by atoms with E-state index in [-0.39, 0.29) is 5.91 Å². The van der Waals surface area contributed by atoms with Gasteiger partial charge in [-0.3, -0.25) is 9.48 Å². The Hall–Kier alpha value is -2.69. The molecule has 2 aromatic heterocycles. The number of hydrogen-bond acceptors (Lipinski definition) is 3. The quantitative estimate of drug-likeness (QED) is 0.729. The average Bonchev–Trinajstić information content (AvgIpc) is 3.21. The number of nitrogens with zero attached hydrogens (tertiary/aromatic N) is 4. The summed E-state index contributed by atoms with van der Waals surface area (Å²) in [5.41, 5.74) is 3.67.